The maximum absolute atomic E-state index is 11.7. The summed E-state index contributed by atoms with van der Waals surface area (Å²) < 4.78 is 5.05. The van der Waals surface area contributed by atoms with Crippen molar-refractivity contribution >= 4 is 17.3 Å². The van der Waals surface area contributed by atoms with Gasteiger partial charge in [-0.25, -0.2) is 4.79 Å². The maximum atomic E-state index is 11.7. The number of likely N-dealkylation sites (N-methyl/N-ethyl adjacent to an activating group) is 1. The van der Waals surface area contributed by atoms with Crippen LogP contribution in [0.5, 0.6) is 0 Å². The zero-order chi connectivity index (χ0) is 15.0. The summed E-state index contributed by atoms with van der Waals surface area (Å²) in [6.45, 7) is 3.75. The first kappa shape index (κ1) is 17.1. The number of nitrogens with zero attached hydrogens (tertiary/aromatic N) is 1. The molecule has 1 aromatic heterocycles. The Kier molecular flexibility index (Phi) is 7.76. The fraction of sp³-hybridized carbons (Fsp3) is 0.643. The minimum absolute atomic E-state index is 0.110. The Labute approximate surface area is 123 Å². The Morgan fingerprint density at radius 3 is 2.85 bits per heavy atom. The van der Waals surface area contributed by atoms with Crippen LogP contribution in [-0.2, 0) is 4.74 Å². The third-order valence-corrected chi connectivity index (χ3v) is 4.03. The molecule has 0 aliphatic heterocycles. The fourth-order valence-corrected chi connectivity index (χ4v) is 2.60. The van der Waals surface area contributed by atoms with Gasteiger partial charge in [0.15, 0.2) is 0 Å². The first-order chi connectivity index (χ1) is 9.58. The van der Waals surface area contributed by atoms with Crippen molar-refractivity contribution in [2.75, 3.05) is 33.4 Å². The van der Waals surface area contributed by atoms with Gasteiger partial charge in [0.1, 0.15) is 4.88 Å². The number of ether oxygens (including phenoxy) is 1. The van der Waals surface area contributed by atoms with Crippen LogP contribution in [-0.4, -0.2) is 54.4 Å². The summed E-state index contributed by atoms with van der Waals surface area (Å²) in [7, 11) is 1.89. The summed E-state index contributed by atoms with van der Waals surface area (Å²) >= 11 is 1.27. The minimum Gasteiger partial charge on any atom is -0.462 e. The molecule has 0 spiro atoms. The van der Waals surface area contributed by atoms with E-state index in [4.69, 9.17) is 9.84 Å². The van der Waals surface area contributed by atoms with Gasteiger partial charge in [0.05, 0.1) is 19.3 Å². The van der Waals surface area contributed by atoms with Crippen molar-refractivity contribution in [1.29, 1.82) is 0 Å². The number of hydrogen-bond donors (Lipinski definition) is 2. The van der Waals surface area contributed by atoms with Gasteiger partial charge in [0.2, 0.25) is 0 Å². The van der Waals surface area contributed by atoms with E-state index in [-0.39, 0.29) is 12.6 Å². The Hall–Kier alpha value is -0.950. The molecule has 0 saturated carbocycles. The molecule has 0 aliphatic carbocycles. The highest BCUT2D eigenvalue weighted by Gasteiger charge is 2.15. The number of aliphatic hydroxyl groups excluding tert-OH is 2. The van der Waals surface area contributed by atoms with Crippen LogP contribution in [0.1, 0.15) is 40.4 Å². The number of carbonyl (C=O) groups excluding carboxylic acids is 1. The molecule has 1 unspecified atom stereocenters. The molecular weight excluding hydrogens is 278 g/mol. The predicted molar refractivity (Wildman–Crippen MR) is 79.1 cm³/mol. The largest absolute Gasteiger partial charge is 0.462 e. The van der Waals surface area contributed by atoms with E-state index in [1.165, 1.54) is 11.3 Å². The molecule has 0 fully saturated rings. The van der Waals surface area contributed by atoms with Crippen molar-refractivity contribution in [2.24, 2.45) is 0 Å². The van der Waals surface area contributed by atoms with Gasteiger partial charge in [-0.15, -0.1) is 11.3 Å². The molecule has 0 amide bonds. The molecule has 0 aromatic carbocycles. The second-order valence-corrected chi connectivity index (χ2v) is 5.78. The number of thiophene rings is 1. The average Bonchev–Trinajstić information content (AvgIpc) is 2.92. The van der Waals surface area contributed by atoms with Gasteiger partial charge in [-0.05, 0) is 32.0 Å². The SMILES string of the molecule is CCCOC(=O)c1ccc(C(O)CCN(C)CCO)s1. The fourth-order valence-electron chi connectivity index (χ4n) is 1.67. The second kappa shape index (κ2) is 9.07. The van der Waals surface area contributed by atoms with Crippen molar-refractivity contribution in [1.82, 2.24) is 4.90 Å². The monoisotopic (exact) mass is 301 g/mol. The van der Waals surface area contributed by atoms with Crippen LogP contribution in [0.4, 0.5) is 0 Å². The maximum Gasteiger partial charge on any atom is 0.348 e. The quantitative estimate of drug-likeness (QED) is 0.679. The number of carbonyl (C=O) groups is 1. The van der Waals surface area contributed by atoms with Crippen LogP contribution in [0, 0.1) is 0 Å². The van der Waals surface area contributed by atoms with Gasteiger partial charge in [-0.3, -0.25) is 0 Å². The molecule has 1 heterocycles. The lowest BCUT2D eigenvalue weighted by Crippen LogP contribution is -2.24. The van der Waals surface area contributed by atoms with Gasteiger partial charge in [0.25, 0.3) is 0 Å². The summed E-state index contributed by atoms with van der Waals surface area (Å²) in [5.41, 5.74) is 0. The lowest BCUT2D eigenvalue weighted by molar-refractivity contribution is 0.0511. The van der Waals surface area contributed by atoms with Gasteiger partial charge < -0.3 is 19.8 Å². The summed E-state index contributed by atoms with van der Waals surface area (Å²) in [6.07, 6.45) is 0.776. The predicted octanol–water partition coefficient (Wildman–Crippen LogP) is 1.66. The first-order valence-electron chi connectivity index (χ1n) is 6.82. The van der Waals surface area contributed by atoms with E-state index in [9.17, 15) is 9.90 Å². The molecule has 1 rings (SSSR count). The highest BCUT2D eigenvalue weighted by atomic mass is 32.1. The van der Waals surface area contributed by atoms with Crippen LogP contribution in [0.3, 0.4) is 0 Å². The van der Waals surface area contributed by atoms with Gasteiger partial charge in [-0.2, -0.15) is 0 Å². The molecular formula is C14H23NO4S. The van der Waals surface area contributed by atoms with Crippen molar-refractivity contribution < 1.29 is 19.7 Å². The van der Waals surface area contributed by atoms with Gasteiger partial charge in [0, 0.05) is 18.0 Å². The number of esters is 1. The Morgan fingerprint density at radius 2 is 2.20 bits per heavy atom. The summed E-state index contributed by atoms with van der Waals surface area (Å²) in [4.78, 5) is 14.9. The Morgan fingerprint density at radius 1 is 1.45 bits per heavy atom. The van der Waals surface area contributed by atoms with Crippen molar-refractivity contribution in [3.8, 4) is 0 Å². The lowest BCUT2D eigenvalue weighted by atomic mass is 10.2. The summed E-state index contributed by atoms with van der Waals surface area (Å²) in [6, 6.07) is 3.46. The molecule has 1 aromatic rings. The normalized spacial score (nSPS) is 12.7. The Bertz CT molecular complexity index is 408. The highest BCUT2D eigenvalue weighted by Crippen LogP contribution is 2.26. The van der Waals surface area contributed by atoms with E-state index in [1.54, 1.807) is 12.1 Å². The smallest absolute Gasteiger partial charge is 0.348 e. The zero-order valence-electron chi connectivity index (χ0n) is 12.0. The van der Waals surface area contributed by atoms with E-state index in [1.807, 2.05) is 18.9 Å². The molecule has 20 heavy (non-hydrogen) atoms. The van der Waals surface area contributed by atoms with Crippen molar-refractivity contribution in [2.45, 2.75) is 25.9 Å². The van der Waals surface area contributed by atoms with Crippen molar-refractivity contribution in [3.63, 3.8) is 0 Å². The third kappa shape index (κ3) is 5.58. The molecule has 2 N–H and O–H groups in total. The second-order valence-electron chi connectivity index (χ2n) is 4.67. The lowest BCUT2D eigenvalue weighted by Gasteiger charge is -2.16. The van der Waals surface area contributed by atoms with E-state index in [0.717, 1.165) is 11.3 Å². The molecule has 6 heteroatoms. The van der Waals surface area contributed by atoms with Gasteiger partial charge in [-0.1, -0.05) is 6.92 Å². The first-order valence-corrected chi connectivity index (χ1v) is 7.64. The molecule has 114 valence electrons. The zero-order valence-corrected chi connectivity index (χ0v) is 12.9. The molecule has 5 nitrogen and oxygen atoms in total. The summed E-state index contributed by atoms with van der Waals surface area (Å²) in [5.74, 6) is -0.326. The molecule has 0 saturated heterocycles. The van der Waals surface area contributed by atoms with Crippen LogP contribution in [0.15, 0.2) is 12.1 Å². The van der Waals surface area contributed by atoms with Crippen LogP contribution in [0.25, 0.3) is 0 Å². The molecule has 1 atom stereocenters. The van der Waals surface area contributed by atoms with Crippen molar-refractivity contribution in [3.05, 3.63) is 21.9 Å². The van der Waals surface area contributed by atoms with E-state index < -0.39 is 6.10 Å². The summed E-state index contributed by atoms with van der Waals surface area (Å²) in [5, 5.41) is 18.9. The average molecular weight is 301 g/mol. The van der Waals surface area contributed by atoms with Gasteiger partial charge >= 0.3 is 5.97 Å². The molecule has 0 bridgehead atoms. The van der Waals surface area contributed by atoms with E-state index >= 15 is 0 Å². The van der Waals surface area contributed by atoms with Crippen LogP contribution >= 0.6 is 11.3 Å². The number of aliphatic hydroxyl groups is 2. The number of rotatable bonds is 9. The number of hydrogen-bond acceptors (Lipinski definition) is 6. The van der Waals surface area contributed by atoms with Crippen LogP contribution < -0.4 is 0 Å². The van der Waals surface area contributed by atoms with Crippen LogP contribution in [0.2, 0.25) is 0 Å². The molecule has 0 radical (unpaired) electrons. The standard InChI is InChI=1S/C14H23NO4S/c1-3-10-19-14(18)13-5-4-12(20-13)11(17)6-7-15(2)8-9-16/h4-5,11,16-17H,3,6-10H2,1-2H3. The van der Waals surface area contributed by atoms with E-state index in [0.29, 0.717) is 31.0 Å². The third-order valence-electron chi connectivity index (χ3n) is 2.86. The Balaban J connectivity index is 2.47. The minimum atomic E-state index is -0.589. The highest BCUT2D eigenvalue weighted by molar-refractivity contribution is 7.14. The molecule has 0 aliphatic rings. The van der Waals surface area contributed by atoms with E-state index in [2.05, 4.69) is 0 Å². The topological polar surface area (TPSA) is 70.0 Å².